The van der Waals surface area contributed by atoms with E-state index in [0.29, 0.717) is 12.4 Å². The van der Waals surface area contributed by atoms with Crippen molar-refractivity contribution in [3.8, 4) is 0 Å². The van der Waals surface area contributed by atoms with E-state index in [9.17, 15) is 8.42 Å². The number of nitrogens with one attached hydrogen (secondary N) is 1. The van der Waals surface area contributed by atoms with E-state index < -0.39 is 10.0 Å². The molecule has 106 valence electrons. The van der Waals surface area contributed by atoms with Gasteiger partial charge in [-0.15, -0.1) is 4.40 Å². The monoisotopic (exact) mass is 300 g/mol. The van der Waals surface area contributed by atoms with Crippen LogP contribution in [0, 0.1) is 0 Å². The molecular formula is C14H12N4O2S. The maximum atomic E-state index is 11.8. The number of nitrogens with zero attached hydrogens (tertiary/aromatic N) is 3. The maximum absolute atomic E-state index is 11.8. The van der Waals surface area contributed by atoms with Gasteiger partial charge in [-0.25, -0.2) is 8.42 Å². The van der Waals surface area contributed by atoms with E-state index in [1.807, 2.05) is 41.5 Å². The lowest BCUT2D eigenvalue weighted by Gasteiger charge is -2.29. The van der Waals surface area contributed by atoms with Crippen molar-refractivity contribution in [1.82, 2.24) is 15.1 Å². The van der Waals surface area contributed by atoms with Crippen LogP contribution in [0.2, 0.25) is 0 Å². The summed E-state index contributed by atoms with van der Waals surface area (Å²) in [4.78, 5) is 1.87. The van der Waals surface area contributed by atoms with Crippen molar-refractivity contribution in [1.29, 1.82) is 0 Å². The topological polar surface area (TPSA) is 78.4 Å². The number of sulfonamides is 1. The zero-order chi connectivity index (χ0) is 14.4. The molecule has 1 aromatic heterocycles. The summed E-state index contributed by atoms with van der Waals surface area (Å²) >= 11 is 0. The van der Waals surface area contributed by atoms with Gasteiger partial charge in [0.05, 0.1) is 17.5 Å². The van der Waals surface area contributed by atoms with Crippen molar-refractivity contribution in [2.45, 2.75) is 0 Å². The third-order valence-corrected chi connectivity index (χ3v) is 4.76. The van der Waals surface area contributed by atoms with E-state index in [-0.39, 0.29) is 5.75 Å². The number of aromatic amines is 1. The van der Waals surface area contributed by atoms with Crippen LogP contribution in [0.5, 0.6) is 0 Å². The van der Waals surface area contributed by atoms with E-state index in [0.717, 1.165) is 22.0 Å². The van der Waals surface area contributed by atoms with E-state index in [1.165, 1.54) is 0 Å². The summed E-state index contributed by atoms with van der Waals surface area (Å²) < 4.78 is 27.5. The standard InChI is InChI=1S/C14H12N4O2S/c19-21(20)7-6-18-5-1-2-12(14(18)17-21)10-3-4-11-9-15-16-13(11)8-10/h1-5,8-9H,6-7H2,(H,15,16). The molecule has 0 aliphatic carbocycles. The maximum Gasteiger partial charge on any atom is 0.256 e. The fourth-order valence-corrected chi connectivity index (χ4v) is 3.53. The Morgan fingerprint density at radius 2 is 2.19 bits per heavy atom. The summed E-state index contributed by atoms with van der Waals surface area (Å²) in [5.41, 5.74) is 2.63. The summed E-state index contributed by atoms with van der Waals surface area (Å²) in [7, 11) is -3.37. The number of hydrogen-bond acceptors (Lipinski definition) is 4. The Morgan fingerprint density at radius 3 is 3.10 bits per heavy atom. The first-order chi connectivity index (χ1) is 10.1. The Labute approximate surface area is 121 Å². The molecule has 1 aromatic carbocycles. The van der Waals surface area contributed by atoms with Crippen LogP contribution in [0.4, 0.5) is 0 Å². The van der Waals surface area contributed by atoms with Gasteiger partial charge in [-0.1, -0.05) is 12.1 Å². The molecule has 3 heterocycles. The third-order valence-electron chi connectivity index (χ3n) is 3.61. The molecule has 0 bridgehead atoms. The second kappa shape index (κ2) is 4.29. The highest BCUT2D eigenvalue weighted by Crippen LogP contribution is 2.27. The second-order valence-corrected chi connectivity index (χ2v) is 6.74. The smallest absolute Gasteiger partial charge is 0.256 e. The van der Waals surface area contributed by atoms with Crippen LogP contribution in [0.15, 0.2) is 47.1 Å². The van der Waals surface area contributed by atoms with E-state index in [1.54, 1.807) is 6.20 Å². The zero-order valence-corrected chi connectivity index (χ0v) is 11.8. The van der Waals surface area contributed by atoms with Crippen molar-refractivity contribution in [3.05, 3.63) is 48.3 Å². The Kier molecular flexibility index (Phi) is 2.52. The Hall–Kier alpha value is -2.41. The molecule has 4 rings (SSSR count). The van der Waals surface area contributed by atoms with Gasteiger partial charge in [0, 0.05) is 23.7 Å². The van der Waals surface area contributed by atoms with Gasteiger partial charge < -0.3 is 4.90 Å². The minimum absolute atomic E-state index is 0.0493. The second-order valence-electron chi connectivity index (χ2n) is 4.99. The number of fused-ring (bicyclic) bond motifs is 2. The van der Waals surface area contributed by atoms with Gasteiger partial charge >= 0.3 is 0 Å². The van der Waals surface area contributed by atoms with Crippen LogP contribution >= 0.6 is 0 Å². The molecule has 0 radical (unpaired) electrons. The Bertz CT molecular complexity index is 921. The first kappa shape index (κ1) is 12.3. The molecule has 0 spiro atoms. The predicted molar refractivity (Wildman–Crippen MR) is 81.1 cm³/mol. The highest BCUT2D eigenvalue weighted by Gasteiger charge is 2.27. The van der Waals surface area contributed by atoms with E-state index in [4.69, 9.17) is 0 Å². The molecule has 0 saturated heterocycles. The molecule has 1 N–H and O–H groups in total. The lowest BCUT2D eigenvalue weighted by molar-refractivity contribution is 0.550. The lowest BCUT2D eigenvalue weighted by Crippen LogP contribution is -2.37. The number of allylic oxidation sites excluding steroid dienone is 2. The van der Waals surface area contributed by atoms with Crippen molar-refractivity contribution in [2.24, 2.45) is 4.40 Å². The number of benzene rings is 1. The number of amidine groups is 1. The van der Waals surface area contributed by atoms with Gasteiger partial charge in [-0.2, -0.15) is 5.10 Å². The molecule has 0 atom stereocenters. The summed E-state index contributed by atoms with van der Waals surface area (Å²) in [6.07, 6.45) is 7.39. The minimum Gasteiger partial charge on any atom is -0.331 e. The summed E-state index contributed by atoms with van der Waals surface area (Å²) in [6, 6.07) is 5.86. The average molecular weight is 300 g/mol. The Balaban J connectivity index is 1.88. The number of rotatable bonds is 1. The van der Waals surface area contributed by atoms with Gasteiger partial charge in [0.1, 0.15) is 0 Å². The number of H-pyrrole nitrogens is 1. The van der Waals surface area contributed by atoms with Gasteiger partial charge in [0.2, 0.25) is 0 Å². The van der Waals surface area contributed by atoms with E-state index in [2.05, 4.69) is 14.6 Å². The first-order valence-corrected chi connectivity index (χ1v) is 8.15. The quantitative estimate of drug-likeness (QED) is 0.866. The number of hydrogen-bond donors (Lipinski definition) is 1. The highest BCUT2D eigenvalue weighted by molar-refractivity contribution is 7.90. The molecule has 0 amide bonds. The summed E-state index contributed by atoms with van der Waals surface area (Å²) in [5.74, 6) is 0.538. The average Bonchev–Trinajstić information content (AvgIpc) is 2.93. The molecule has 2 aliphatic heterocycles. The molecule has 21 heavy (non-hydrogen) atoms. The van der Waals surface area contributed by atoms with Gasteiger partial charge in [-0.3, -0.25) is 5.10 Å². The zero-order valence-electron chi connectivity index (χ0n) is 11.0. The third kappa shape index (κ3) is 2.06. The van der Waals surface area contributed by atoms with Gasteiger partial charge in [0.15, 0.2) is 5.84 Å². The van der Waals surface area contributed by atoms with Crippen LogP contribution in [-0.2, 0) is 10.0 Å². The molecule has 7 heteroatoms. The molecule has 2 aromatic rings. The van der Waals surface area contributed by atoms with Crippen LogP contribution < -0.4 is 0 Å². The summed E-state index contributed by atoms with van der Waals surface area (Å²) in [5, 5.41) is 7.93. The van der Waals surface area contributed by atoms with Crippen molar-refractivity contribution < 1.29 is 8.42 Å². The SMILES string of the molecule is O=S1(=O)CCN2C=CC=C(c3ccc4cn[nH]c4c3)C2=N1. The Morgan fingerprint density at radius 1 is 1.29 bits per heavy atom. The fourth-order valence-electron chi connectivity index (χ4n) is 2.55. The predicted octanol–water partition coefficient (Wildman–Crippen LogP) is 1.52. The van der Waals surface area contributed by atoms with Crippen molar-refractivity contribution in [3.63, 3.8) is 0 Å². The fraction of sp³-hybridized carbons (Fsp3) is 0.143. The minimum atomic E-state index is -3.37. The summed E-state index contributed by atoms with van der Waals surface area (Å²) in [6.45, 7) is 0.432. The van der Waals surface area contributed by atoms with Gasteiger partial charge in [-0.05, 0) is 23.8 Å². The largest absolute Gasteiger partial charge is 0.331 e. The molecule has 0 saturated carbocycles. The van der Waals surface area contributed by atoms with E-state index >= 15 is 0 Å². The van der Waals surface area contributed by atoms with Crippen molar-refractivity contribution >= 4 is 32.3 Å². The first-order valence-electron chi connectivity index (χ1n) is 6.54. The van der Waals surface area contributed by atoms with Crippen LogP contribution in [-0.4, -0.2) is 41.6 Å². The molecule has 0 unspecified atom stereocenters. The molecular weight excluding hydrogens is 288 g/mol. The highest BCUT2D eigenvalue weighted by atomic mass is 32.2. The molecule has 2 aliphatic rings. The lowest BCUT2D eigenvalue weighted by atomic mass is 10.0. The van der Waals surface area contributed by atoms with Crippen LogP contribution in [0.1, 0.15) is 5.56 Å². The van der Waals surface area contributed by atoms with Crippen molar-refractivity contribution in [2.75, 3.05) is 12.3 Å². The normalized spacial score (nSPS) is 20.1. The van der Waals surface area contributed by atoms with Crippen LogP contribution in [0.25, 0.3) is 16.5 Å². The van der Waals surface area contributed by atoms with Gasteiger partial charge in [0.25, 0.3) is 10.0 Å². The molecule has 0 fully saturated rings. The molecule has 6 nitrogen and oxygen atoms in total. The number of aromatic nitrogens is 2. The van der Waals surface area contributed by atoms with Crippen LogP contribution in [0.3, 0.4) is 0 Å².